The summed E-state index contributed by atoms with van der Waals surface area (Å²) in [5.74, 6) is 0.0537. The lowest BCUT2D eigenvalue weighted by Gasteiger charge is -2.34. The third kappa shape index (κ3) is 3.26. The molecule has 2 atom stereocenters. The molecule has 2 amide bonds. The molecule has 0 aromatic rings. The van der Waals surface area contributed by atoms with Crippen LogP contribution in [0.5, 0.6) is 0 Å². The number of rotatable bonds is 3. The van der Waals surface area contributed by atoms with E-state index >= 15 is 0 Å². The van der Waals surface area contributed by atoms with Gasteiger partial charge in [0, 0.05) is 19.6 Å². The van der Waals surface area contributed by atoms with Crippen molar-refractivity contribution in [1.82, 2.24) is 15.5 Å². The Morgan fingerprint density at radius 1 is 1.26 bits per heavy atom. The molecule has 0 radical (unpaired) electrons. The van der Waals surface area contributed by atoms with Crippen LogP contribution in [-0.2, 0) is 9.59 Å². The SMILES string of the molecule is CC(NC(=O)C1(C)CCCNC1)C(=O)N1CCCC1. The van der Waals surface area contributed by atoms with E-state index in [4.69, 9.17) is 0 Å². The van der Waals surface area contributed by atoms with Crippen LogP contribution in [0.3, 0.4) is 0 Å². The van der Waals surface area contributed by atoms with Crippen molar-refractivity contribution in [2.24, 2.45) is 5.41 Å². The van der Waals surface area contributed by atoms with Gasteiger partial charge in [0.1, 0.15) is 6.04 Å². The Morgan fingerprint density at radius 3 is 2.53 bits per heavy atom. The molecule has 0 aromatic carbocycles. The van der Waals surface area contributed by atoms with Crippen molar-refractivity contribution < 1.29 is 9.59 Å². The molecule has 108 valence electrons. The van der Waals surface area contributed by atoms with Gasteiger partial charge < -0.3 is 15.5 Å². The zero-order valence-electron chi connectivity index (χ0n) is 12.0. The highest BCUT2D eigenvalue weighted by Gasteiger charge is 2.36. The van der Waals surface area contributed by atoms with E-state index in [-0.39, 0.29) is 17.2 Å². The van der Waals surface area contributed by atoms with Crippen molar-refractivity contribution in [2.45, 2.75) is 45.6 Å². The van der Waals surface area contributed by atoms with Crippen LogP contribution in [-0.4, -0.2) is 48.9 Å². The highest BCUT2D eigenvalue weighted by molar-refractivity contribution is 5.90. The van der Waals surface area contributed by atoms with Gasteiger partial charge >= 0.3 is 0 Å². The Bertz CT molecular complexity index is 345. The van der Waals surface area contributed by atoms with E-state index in [2.05, 4.69) is 10.6 Å². The maximum atomic E-state index is 12.3. The van der Waals surface area contributed by atoms with Crippen LogP contribution in [0.25, 0.3) is 0 Å². The summed E-state index contributed by atoms with van der Waals surface area (Å²) in [5.41, 5.74) is -0.377. The van der Waals surface area contributed by atoms with Crippen LogP contribution in [0.15, 0.2) is 0 Å². The molecule has 5 nitrogen and oxygen atoms in total. The smallest absolute Gasteiger partial charge is 0.244 e. The van der Waals surface area contributed by atoms with Gasteiger partial charge in [-0.1, -0.05) is 0 Å². The number of hydrogen-bond donors (Lipinski definition) is 2. The van der Waals surface area contributed by atoms with Gasteiger partial charge in [0.15, 0.2) is 0 Å². The summed E-state index contributed by atoms with van der Waals surface area (Å²) in [5, 5.41) is 6.15. The lowest BCUT2D eigenvalue weighted by atomic mass is 9.81. The zero-order chi connectivity index (χ0) is 13.9. The van der Waals surface area contributed by atoms with E-state index in [0.29, 0.717) is 6.54 Å². The van der Waals surface area contributed by atoms with Crippen molar-refractivity contribution in [3.8, 4) is 0 Å². The minimum absolute atomic E-state index is 0.000234. The molecule has 0 bridgehead atoms. The monoisotopic (exact) mass is 267 g/mol. The van der Waals surface area contributed by atoms with Gasteiger partial charge in [-0.2, -0.15) is 0 Å². The second-order valence-electron chi connectivity index (χ2n) is 6.07. The van der Waals surface area contributed by atoms with Gasteiger partial charge in [-0.3, -0.25) is 9.59 Å². The Kier molecular flexibility index (Phi) is 4.45. The molecule has 2 aliphatic heterocycles. The Balaban J connectivity index is 1.88. The van der Waals surface area contributed by atoms with Gasteiger partial charge in [0.05, 0.1) is 5.41 Å². The molecule has 0 aromatic heterocycles. The summed E-state index contributed by atoms with van der Waals surface area (Å²) >= 11 is 0. The first kappa shape index (κ1) is 14.3. The van der Waals surface area contributed by atoms with Crippen LogP contribution < -0.4 is 10.6 Å². The van der Waals surface area contributed by atoms with Crippen molar-refractivity contribution in [3.05, 3.63) is 0 Å². The van der Waals surface area contributed by atoms with Crippen LogP contribution in [0.1, 0.15) is 39.5 Å². The summed E-state index contributed by atoms with van der Waals surface area (Å²) in [7, 11) is 0. The van der Waals surface area contributed by atoms with Crippen molar-refractivity contribution in [2.75, 3.05) is 26.2 Å². The molecular weight excluding hydrogens is 242 g/mol. The number of likely N-dealkylation sites (tertiary alicyclic amines) is 1. The molecule has 2 fully saturated rings. The fourth-order valence-corrected chi connectivity index (χ4v) is 2.89. The molecule has 0 aliphatic carbocycles. The number of piperidine rings is 1. The second-order valence-corrected chi connectivity index (χ2v) is 6.07. The number of nitrogens with zero attached hydrogens (tertiary/aromatic N) is 1. The van der Waals surface area contributed by atoms with Crippen LogP contribution in [0.2, 0.25) is 0 Å². The summed E-state index contributed by atoms with van der Waals surface area (Å²) in [4.78, 5) is 26.3. The maximum Gasteiger partial charge on any atom is 0.244 e. The summed E-state index contributed by atoms with van der Waals surface area (Å²) in [6.45, 7) is 7.10. The standard InChI is InChI=1S/C14H25N3O2/c1-11(12(18)17-8-3-4-9-17)16-13(19)14(2)6-5-7-15-10-14/h11,15H,3-10H2,1-2H3,(H,16,19). The quantitative estimate of drug-likeness (QED) is 0.783. The average molecular weight is 267 g/mol. The number of carbonyl (C=O) groups excluding carboxylic acids is 2. The maximum absolute atomic E-state index is 12.3. The molecule has 2 aliphatic rings. The molecule has 19 heavy (non-hydrogen) atoms. The first-order valence-electron chi connectivity index (χ1n) is 7.33. The van der Waals surface area contributed by atoms with Crippen molar-refractivity contribution >= 4 is 11.8 Å². The third-order valence-electron chi connectivity index (χ3n) is 4.28. The first-order valence-corrected chi connectivity index (χ1v) is 7.33. The predicted molar refractivity (Wildman–Crippen MR) is 73.6 cm³/mol. The number of carbonyl (C=O) groups is 2. The van der Waals surface area contributed by atoms with Gasteiger partial charge in [-0.05, 0) is 46.1 Å². The molecule has 0 saturated carbocycles. The lowest BCUT2D eigenvalue weighted by Crippen LogP contribution is -2.54. The Hall–Kier alpha value is -1.10. The van der Waals surface area contributed by atoms with E-state index < -0.39 is 6.04 Å². The molecule has 2 N–H and O–H groups in total. The van der Waals surface area contributed by atoms with Crippen LogP contribution in [0, 0.1) is 5.41 Å². The van der Waals surface area contributed by atoms with Crippen LogP contribution in [0.4, 0.5) is 0 Å². The molecule has 2 saturated heterocycles. The Labute approximate surface area is 115 Å². The normalized spacial score (nSPS) is 29.1. The molecule has 5 heteroatoms. The molecule has 2 rings (SSSR count). The molecule has 2 heterocycles. The molecule has 0 spiro atoms. The molecular formula is C14H25N3O2. The second kappa shape index (κ2) is 5.90. The van der Waals surface area contributed by atoms with Gasteiger partial charge in [-0.15, -0.1) is 0 Å². The van der Waals surface area contributed by atoms with E-state index in [9.17, 15) is 9.59 Å². The highest BCUT2D eigenvalue weighted by Crippen LogP contribution is 2.25. The number of hydrogen-bond acceptors (Lipinski definition) is 3. The van der Waals surface area contributed by atoms with Gasteiger partial charge in [0.2, 0.25) is 11.8 Å². The Morgan fingerprint density at radius 2 is 1.95 bits per heavy atom. The van der Waals surface area contributed by atoms with E-state index in [0.717, 1.165) is 45.3 Å². The first-order chi connectivity index (χ1) is 9.03. The topological polar surface area (TPSA) is 61.4 Å². The number of nitrogens with one attached hydrogen (secondary N) is 2. The van der Waals surface area contributed by atoms with Gasteiger partial charge in [-0.25, -0.2) is 0 Å². The van der Waals surface area contributed by atoms with Gasteiger partial charge in [0.25, 0.3) is 0 Å². The summed E-state index contributed by atoms with van der Waals surface area (Å²) < 4.78 is 0. The minimum Gasteiger partial charge on any atom is -0.344 e. The largest absolute Gasteiger partial charge is 0.344 e. The van der Waals surface area contributed by atoms with Crippen molar-refractivity contribution in [1.29, 1.82) is 0 Å². The van der Waals surface area contributed by atoms with Crippen molar-refractivity contribution in [3.63, 3.8) is 0 Å². The summed E-state index contributed by atoms with van der Waals surface area (Å²) in [6.07, 6.45) is 4.05. The third-order valence-corrected chi connectivity index (χ3v) is 4.28. The van der Waals surface area contributed by atoms with E-state index in [1.54, 1.807) is 6.92 Å². The zero-order valence-corrected chi connectivity index (χ0v) is 12.0. The lowest BCUT2D eigenvalue weighted by molar-refractivity contribution is -0.138. The minimum atomic E-state index is -0.413. The fourth-order valence-electron chi connectivity index (χ4n) is 2.89. The molecule has 2 unspecified atom stereocenters. The van der Waals surface area contributed by atoms with Crippen LogP contribution >= 0.6 is 0 Å². The predicted octanol–water partition coefficient (Wildman–Crippen LogP) is 0.503. The van der Waals surface area contributed by atoms with E-state index in [1.165, 1.54) is 0 Å². The van der Waals surface area contributed by atoms with E-state index in [1.807, 2.05) is 11.8 Å². The summed E-state index contributed by atoms with van der Waals surface area (Å²) in [6, 6.07) is -0.413. The number of amides is 2. The average Bonchev–Trinajstić information content (AvgIpc) is 2.92. The highest BCUT2D eigenvalue weighted by atomic mass is 16.2. The fraction of sp³-hybridized carbons (Fsp3) is 0.857.